The van der Waals surface area contributed by atoms with Gasteiger partial charge in [-0.1, -0.05) is 5.16 Å². The number of hydrogen-bond acceptors (Lipinski definition) is 6. The second-order valence-electron chi connectivity index (χ2n) is 3.52. The maximum absolute atomic E-state index is 4.87. The normalized spacial score (nSPS) is 10.4. The van der Waals surface area contributed by atoms with E-state index in [1.807, 2.05) is 19.9 Å². The molecule has 2 aromatic rings. The second kappa shape index (κ2) is 4.26. The molecule has 6 heteroatoms. The van der Waals surface area contributed by atoms with E-state index in [9.17, 15) is 0 Å². The minimum Gasteiger partial charge on any atom is -0.363 e. The van der Waals surface area contributed by atoms with Crippen LogP contribution in [0.3, 0.4) is 0 Å². The third kappa shape index (κ3) is 2.53. The predicted octanol–water partition coefficient (Wildman–Crippen LogP) is 1.40. The van der Waals surface area contributed by atoms with Gasteiger partial charge in [-0.3, -0.25) is 0 Å². The molecule has 2 rings (SSSR count). The molecule has 16 heavy (non-hydrogen) atoms. The summed E-state index contributed by atoms with van der Waals surface area (Å²) >= 11 is 0. The Morgan fingerprint density at radius 1 is 1.19 bits per heavy atom. The van der Waals surface area contributed by atoms with Crippen LogP contribution in [0.1, 0.15) is 23.2 Å². The van der Waals surface area contributed by atoms with Crippen molar-refractivity contribution in [2.45, 2.75) is 27.3 Å². The third-order valence-corrected chi connectivity index (χ3v) is 1.96. The molecule has 0 saturated heterocycles. The molecule has 0 unspecified atom stereocenters. The highest BCUT2D eigenvalue weighted by Crippen LogP contribution is 2.06. The van der Waals surface area contributed by atoms with Gasteiger partial charge in [0.15, 0.2) is 5.82 Å². The highest BCUT2D eigenvalue weighted by Gasteiger charge is 2.03. The summed E-state index contributed by atoms with van der Waals surface area (Å²) in [4.78, 5) is 12.5. The molecule has 0 aliphatic heterocycles. The van der Waals surface area contributed by atoms with Crippen molar-refractivity contribution in [1.29, 1.82) is 0 Å². The Bertz CT molecular complexity index is 473. The first-order chi connectivity index (χ1) is 7.63. The summed E-state index contributed by atoms with van der Waals surface area (Å²) in [6.45, 7) is 6.04. The van der Waals surface area contributed by atoms with E-state index >= 15 is 0 Å². The van der Waals surface area contributed by atoms with Crippen LogP contribution >= 0.6 is 0 Å². The Kier molecular flexibility index (Phi) is 2.80. The van der Waals surface area contributed by atoms with Crippen LogP contribution in [0.15, 0.2) is 10.6 Å². The summed E-state index contributed by atoms with van der Waals surface area (Å²) in [7, 11) is 0. The number of nitrogens with one attached hydrogen (secondary N) is 1. The second-order valence-corrected chi connectivity index (χ2v) is 3.52. The lowest BCUT2D eigenvalue weighted by molar-refractivity contribution is 0.388. The van der Waals surface area contributed by atoms with Crippen molar-refractivity contribution < 1.29 is 4.52 Å². The Balaban J connectivity index is 2.04. The summed E-state index contributed by atoms with van der Waals surface area (Å²) in [5.74, 6) is 2.69. The lowest BCUT2D eigenvalue weighted by Gasteiger charge is -2.04. The van der Waals surface area contributed by atoms with E-state index in [-0.39, 0.29) is 0 Å². The molecule has 0 atom stereocenters. The molecule has 0 saturated carbocycles. The molecular weight excluding hydrogens is 206 g/mol. The van der Waals surface area contributed by atoms with Gasteiger partial charge >= 0.3 is 0 Å². The molecule has 0 aliphatic carbocycles. The van der Waals surface area contributed by atoms with Crippen molar-refractivity contribution in [2.75, 3.05) is 5.32 Å². The zero-order valence-corrected chi connectivity index (χ0v) is 9.48. The van der Waals surface area contributed by atoms with Gasteiger partial charge in [0.1, 0.15) is 11.6 Å². The van der Waals surface area contributed by atoms with Crippen LogP contribution in [0, 0.1) is 20.8 Å². The molecule has 2 heterocycles. The number of rotatable bonds is 3. The van der Waals surface area contributed by atoms with Crippen molar-refractivity contribution in [2.24, 2.45) is 0 Å². The maximum Gasteiger partial charge on any atom is 0.223 e. The number of nitrogens with zero attached hydrogens (tertiary/aromatic N) is 4. The molecule has 84 valence electrons. The Labute approximate surface area is 93.1 Å². The van der Waals surface area contributed by atoms with Crippen molar-refractivity contribution in [3.63, 3.8) is 0 Å². The predicted molar refractivity (Wildman–Crippen MR) is 57.9 cm³/mol. The van der Waals surface area contributed by atoms with Gasteiger partial charge in [-0.25, -0.2) is 9.97 Å². The minimum atomic E-state index is 0.493. The zero-order chi connectivity index (χ0) is 11.5. The molecule has 0 amide bonds. The SMILES string of the molecule is Cc1cc(NCc2noc(C)n2)nc(C)n1. The lowest BCUT2D eigenvalue weighted by atomic mass is 10.4. The van der Waals surface area contributed by atoms with Crippen LogP contribution in [0.25, 0.3) is 0 Å². The molecular formula is C10H13N5O. The highest BCUT2D eigenvalue weighted by molar-refractivity contribution is 5.35. The molecule has 0 fully saturated rings. The van der Waals surface area contributed by atoms with Gasteiger partial charge in [-0.05, 0) is 13.8 Å². The minimum absolute atomic E-state index is 0.493. The average Bonchev–Trinajstić information content (AvgIpc) is 2.60. The Morgan fingerprint density at radius 2 is 2.00 bits per heavy atom. The van der Waals surface area contributed by atoms with Crippen molar-refractivity contribution in [1.82, 2.24) is 20.1 Å². The quantitative estimate of drug-likeness (QED) is 0.840. The molecule has 1 N–H and O–H groups in total. The van der Waals surface area contributed by atoms with Crippen LogP contribution < -0.4 is 5.32 Å². The van der Waals surface area contributed by atoms with Gasteiger partial charge in [0.2, 0.25) is 5.89 Å². The van der Waals surface area contributed by atoms with E-state index in [4.69, 9.17) is 4.52 Å². The third-order valence-electron chi connectivity index (χ3n) is 1.96. The van der Waals surface area contributed by atoms with Crippen molar-refractivity contribution in [3.8, 4) is 0 Å². The average molecular weight is 219 g/mol. The molecule has 6 nitrogen and oxygen atoms in total. The fourth-order valence-corrected chi connectivity index (χ4v) is 1.39. The highest BCUT2D eigenvalue weighted by atomic mass is 16.5. The number of aryl methyl sites for hydroxylation is 3. The molecule has 0 aliphatic rings. The van der Waals surface area contributed by atoms with Crippen LogP contribution in [0.5, 0.6) is 0 Å². The maximum atomic E-state index is 4.87. The molecule has 0 bridgehead atoms. The lowest BCUT2D eigenvalue weighted by Crippen LogP contribution is -2.05. The van der Waals surface area contributed by atoms with Crippen molar-refractivity contribution in [3.05, 3.63) is 29.3 Å². The van der Waals surface area contributed by atoms with E-state index in [1.165, 1.54) is 0 Å². The number of aromatic nitrogens is 4. The van der Waals surface area contributed by atoms with E-state index < -0.39 is 0 Å². The van der Waals surface area contributed by atoms with E-state index in [1.54, 1.807) is 6.92 Å². The number of hydrogen-bond donors (Lipinski definition) is 1. The van der Waals surface area contributed by atoms with Crippen LogP contribution in [0.2, 0.25) is 0 Å². The van der Waals surface area contributed by atoms with Crippen LogP contribution in [-0.2, 0) is 6.54 Å². The summed E-state index contributed by atoms with van der Waals surface area (Å²) in [6.07, 6.45) is 0. The topological polar surface area (TPSA) is 76.7 Å². The monoisotopic (exact) mass is 219 g/mol. The fraction of sp³-hybridized carbons (Fsp3) is 0.400. The summed E-state index contributed by atoms with van der Waals surface area (Å²) < 4.78 is 4.87. The molecule has 0 aromatic carbocycles. The van der Waals surface area contributed by atoms with Crippen molar-refractivity contribution >= 4 is 5.82 Å². The standard InChI is InChI=1S/C10H13N5O/c1-6-4-9(13-7(2)12-6)11-5-10-14-8(3)16-15-10/h4H,5H2,1-3H3,(H,11,12,13). The Morgan fingerprint density at radius 3 is 2.62 bits per heavy atom. The van der Waals surface area contributed by atoms with E-state index in [0.717, 1.165) is 17.3 Å². The summed E-state index contributed by atoms with van der Waals surface area (Å²) in [5, 5.41) is 6.90. The largest absolute Gasteiger partial charge is 0.363 e. The first-order valence-electron chi connectivity index (χ1n) is 4.99. The first kappa shape index (κ1) is 10.5. The molecule has 0 spiro atoms. The van der Waals surface area contributed by atoms with E-state index in [2.05, 4.69) is 25.4 Å². The molecule has 2 aromatic heterocycles. The fourth-order valence-electron chi connectivity index (χ4n) is 1.39. The zero-order valence-electron chi connectivity index (χ0n) is 9.48. The van der Waals surface area contributed by atoms with Gasteiger partial charge < -0.3 is 9.84 Å². The van der Waals surface area contributed by atoms with Crippen LogP contribution in [0.4, 0.5) is 5.82 Å². The van der Waals surface area contributed by atoms with E-state index in [0.29, 0.717) is 18.3 Å². The van der Waals surface area contributed by atoms with Gasteiger partial charge in [-0.2, -0.15) is 4.98 Å². The first-order valence-corrected chi connectivity index (χ1v) is 4.99. The van der Waals surface area contributed by atoms with Crippen LogP contribution in [-0.4, -0.2) is 20.1 Å². The Hall–Kier alpha value is -1.98. The van der Waals surface area contributed by atoms with Gasteiger partial charge in [-0.15, -0.1) is 0 Å². The van der Waals surface area contributed by atoms with Gasteiger partial charge in [0.25, 0.3) is 0 Å². The smallest absolute Gasteiger partial charge is 0.223 e. The number of anilines is 1. The summed E-state index contributed by atoms with van der Waals surface area (Å²) in [5.41, 5.74) is 0.930. The summed E-state index contributed by atoms with van der Waals surface area (Å²) in [6, 6.07) is 1.87. The molecule has 0 radical (unpaired) electrons. The van der Waals surface area contributed by atoms with Gasteiger partial charge in [0.05, 0.1) is 6.54 Å². The van der Waals surface area contributed by atoms with Gasteiger partial charge in [0, 0.05) is 18.7 Å².